The molecular formula is C15H16O2S. The van der Waals surface area contributed by atoms with Gasteiger partial charge in [0.1, 0.15) is 0 Å². The Morgan fingerprint density at radius 2 is 1.50 bits per heavy atom. The minimum Gasteiger partial charge on any atom is -0.224 e. The summed E-state index contributed by atoms with van der Waals surface area (Å²) in [7, 11) is -3.18. The highest BCUT2D eigenvalue weighted by Gasteiger charge is 2.14. The maximum Gasteiger partial charge on any atom is 0.178 e. The standard InChI is InChI=1S/C15H16O2S/c1-13-7-5-6-8-14(13)11-12-18(16,17)15-9-3-2-4-10-15/h2-10H,11-12H2,1H3. The molecule has 0 saturated carbocycles. The lowest BCUT2D eigenvalue weighted by atomic mass is 10.1. The topological polar surface area (TPSA) is 34.1 Å². The van der Waals surface area contributed by atoms with E-state index in [9.17, 15) is 8.42 Å². The Bertz CT molecular complexity index is 616. The van der Waals surface area contributed by atoms with Gasteiger partial charge in [-0.25, -0.2) is 8.42 Å². The van der Waals surface area contributed by atoms with Gasteiger partial charge in [0.15, 0.2) is 9.84 Å². The van der Waals surface area contributed by atoms with E-state index in [1.54, 1.807) is 24.3 Å². The first-order valence-corrected chi connectivity index (χ1v) is 7.57. The lowest BCUT2D eigenvalue weighted by molar-refractivity contribution is 0.595. The van der Waals surface area contributed by atoms with Crippen LogP contribution in [-0.2, 0) is 16.3 Å². The van der Waals surface area contributed by atoms with Crippen molar-refractivity contribution in [2.75, 3.05) is 5.75 Å². The van der Waals surface area contributed by atoms with Gasteiger partial charge in [-0.15, -0.1) is 0 Å². The van der Waals surface area contributed by atoms with E-state index >= 15 is 0 Å². The van der Waals surface area contributed by atoms with Crippen LogP contribution in [0.4, 0.5) is 0 Å². The van der Waals surface area contributed by atoms with Crippen molar-refractivity contribution in [2.24, 2.45) is 0 Å². The van der Waals surface area contributed by atoms with Crippen LogP contribution in [0.3, 0.4) is 0 Å². The van der Waals surface area contributed by atoms with Crippen molar-refractivity contribution in [1.29, 1.82) is 0 Å². The van der Waals surface area contributed by atoms with Crippen LogP contribution in [0, 0.1) is 6.92 Å². The average Bonchev–Trinajstić information content (AvgIpc) is 2.39. The molecule has 0 heterocycles. The predicted molar refractivity (Wildman–Crippen MR) is 73.4 cm³/mol. The van der Waals surface area contributed by atoms with Crippen LogP contribution in [0.15, 0.2) is 59.5 Å². The van der Waals surface area contributed by atoms with Crippen LogP contribution in [0.2, 0.25) is 0 Å². The first-order valence-electron chi connectivity index (χ1n) is 5.92. The number of sulfone groups is 1. The van der Waals surface area contributed by atoms with Crippen molar-refractivity contribution in [3.05, 3.63) is 65.7 Å². The van der Waals surface area contributed by atoms with Gasteiger partial charge in [-0.1, -0.05) is 42.5 Å². The minimum atomic E-state index is -3.18. The second-order valence-electron chi connectivity index (χ2n) is 4.31. The summed E-state index contributed by atoms with van der Waals surface area (Å²) in [4.78, 5) is 0.401. The highest BCUT2D eigenvalue weighted by Crippen LogP contribution is 2.14. The molecule has 0 aliphatic carbocycles. The van der Waals surface area contributed by atoms with E-state index in [1.807, 2.05) is 37.3 Å². The number of rotatable bonds is 4. The van der Waals surface area contributed by atoms with Gasteiger partial charge < -0.3 is 0 Å². The van der Waals surface area contributed by atoms with E-state index in [0.717, 1.165) is 11.1 Å². The Hall–Kier alpha value is -1.61. The summed E-state index contributed by atoms with van der Waals surface area (Å²) in [6.07, 6.45) is 0.559. The van der Waals surface area contributed by atoms with Gasteiger partial charge in [0.25, 0.3) is 0 Å². The smallest absolute Gasteiger partial charge is 0.178 e. The van der Waals surface area contributed by atoms with Crippen molar-refractivity contribution in [3.63, 3.8) is 0 Å². The third-order valence-electron chi connectivity index (χ3n) is 3.00. The van der Waals surface area contributed by atoms with E-state index in [0.29, 0.717) is 11.3 Å². The lowest BCUT2D eigenvalue weighted by Crippen LogP contribution is -2.09. The fraction of sp³-hybridized carbons (Fsp3) is 0.200. The molecule has 0 atom stereocenters. The van der Waals surface area contributed by atoms with Gasteiger partial charge >= 0.3 is 0 Å². The molecular weight excluding hydrogens is 244 g/mol. The molecule has 0 aliphatic heterocycles. The molecule has 0 bridgehead atoms. The van der Waals surface area contributed by atoms with Crippen LogP contribution < -0.4 is 0 Å². The zero-order valence-electron chi connectivity index (χ0n) is 10.3. The molecule has 2 nitrogen and oxygen atoms in total. The van der Waals surface area contributed by atoms with E-state index in [1.165, 1.54) is 0 Å². The van der Waals surface area contributed by atoms with E-state index in [2.05, 4.69) is 0 Å². The molecule has 3 heteroatoms. The summed E-state index contributed by atoms with van der Waals surface area (Å²) >= 11 is 0. The molecule has 0 fully saturated rings. The monoisotopic (exact) mass is 260 g/mol. The fourth-order valence-corrected chi connectivity index (χ4v) is 3.18. The van der Waals surface area contributed by atoms with Crippen molar-refractivity contribution < 1.29 is 8.42 Å². The maximum atomic E-state index is 12.1. The summed E-state index contributed by atoms with van der Waals surface area (Å²) in [5, 5.41) is 0. The second kappa shape index (κ2) is 5.36. The van der Waals surface area contributed by atoms with Crippen molar-refractivity contribution >= 4 is 9.84 Å². The SMILES string of the molecule is Cc1ccccc1CCS(=O)(=O)c1ccccc1. The number of aryl methyl sites for hydroxylation is 2. The van der Waals surface area contributed by atoms with Gasteiger partial charge in [-0.3, -0.25) is 0 Å². The molecule has 18 heavy (non-hydrogen) atoms. The molecule has 2 rings (SSSR count). The zero-order valence-corrected chi connectivity index (χ0v) is 11.2. The summed E-state index contributed by atoms with van der Waals surface area (Å²) in [5.41, 5.74) is 2.23. The Kier molecular flexibility index (Phi) is 3.82. The Balaban J connectivity index is 2.14. The second-order valence-corrected chi connectivity index (χ2v) is 6.42. The number of hydrogen-bond donors (Lipinski definition) is 0. The highest BCUT2D eigenvalue weighted by molar-refractivity contribution is 7.91. The predicted octanol–water partition coefficient (Wildman–Crippen LogP) is 3.01. The minimum absolute atomic E-state index is 0.155. The third kappa shape index (κ3) is 2.99. The molecule has 2 aromatic carbocycles. The molecule has 0 N–H and O–H groups in total. The van der Waals surface area contributed by atoms with Crippen molar-refractivity contribution in [2.45, 2.75) is 18.2 Å². The molecule has 0 aromatic heterocycles. The molecule has 0 spiro atoms. The fourth-order valence-electron chi connectivity index (χ4n) is 1.88. The molecule has 0 aliphatic rings. The summed E-state index contributed by atoms with van der Waals surface area (Å²) in [5.74, 6) is 0.155. The Labute approximate surface area is 108 Å². The van der Waals surface area contributed by atoms with E-state index in [-0.39, 0.29) is 5.75 Å². The van der Waals surface area contributed by atoms with Gasteiger partial charge in [0.2, 0.25) is 0 Å². The normalized spacial score (nSPS) is 11.4. The molecule has 2 aromatic rings. The van der Waals surface area contributed by atoms with Crippen LogP contribution in [0.5, 0.6) is 0 Å². The van der Waals surface area contributed by atoms with E-state index in [4.69, 9.17) is 0 Å². The van der Waals surface area contributed by atoms with Crippen LogP contribution in [0.25, 0.3) is 0 Å². The molecule has 94 valence electrons. The Morgan fingerprint density at radius 1 is 0.889 bits per heavy atom. The van der Waals surface area contributed by atoms with Gasteiger partial charge in [-0.2, -0.15) is 0 Å². The van der Waals surface area contributed by atoms with Crippen molar-refractivity contribution in [1.82, 2.24) is 0 Å². The summed E-state index contributed by atoms with van der Waals surface area (Å²) in [6.45, 7) is 2.00. The van der Waals surface area contributed by atoms with Crippen molar-refractivity contribution in [3.8, 4) is 0 Å². The maximum absolute atomic E-state index is 12.1. The molecule has 0 radical (unpaired) electrons. The highest BCUT2D eigenvalue weighted by atomic mass is 32.2. The van der Waals surface area contributed by atoms with Gasteiger partial charge in [-0.05, 0) is 36.6 Å². The quantitative estimate of drug-likeness (QED) is 0.847. The summed E-state index contributed by atoms with van der Waals surface area (Å²) < 4.78 is 24.2. The largest absolute Gasteiger partial charge is 0.224 e. The molecule has 0 amide bonds. The number of hydrogen-bond acceptors (Lipinski definition) is 2. The zero-order chi connectivity index (χ0) is 13.0. The number of benzene rings is 2. The van der Waals surface area contributed by atoms with Crippen LogP contribution in [0.1, 0.15) is 11.1 Å². The lowest BCUT2D eigenvalue weighted by Gasteiger charge is -2.06. The molecule has 0 saturated heterocycles. The first kappa shape index (κ1) is 12.8. The van der Waals surface area contributed by atoms with E-state index < -0.39 is 9.84 Å². The molecule has 0 unspecified atom stereocenters. The third-order valence-corrected chi connectivity index (χ3v) is 4.74. The van der Waals surface area contributed by atoms with Crippen LogP contribution in [-0.4, -0.2) is 14.2 Å². The first-order chi connectivity index (χ1) is 8.59. The van der Waals surface area contributed by atoms with Gasteiger partial charge in [0, 0.05) is 0 Å². The van der Waals surface area contributed by atoms with Crippen LogP contribution >= 0.6 is 0 Å². The summed E-state index contributed by atoms with van der Waals surface area (Å²) in [6, 6.07) is 16.5. The van der Waals surface area contributed by atoms with Gasteiger partial charge in [0.05, 0.1) is 10.6 Å². The average molecular weight is 260 g/mol. The Morgan fingerprint density at radius 3 is 2.17 bits per heavy atom.